The minimum Gasteiger partial charge on any atom is -0.454 e. The van der Waals surface area contributed by atoms with Crippen molar-refractivity contribution >= 4 is 5.97 Å². The van der Waals surface area contributed by atoms with Crippen molar-refractivity contribution in [1.82, 2.24) is 0 Å². The molecule has 8 fully saturated rings. The highest BCUT2D eigenvalue weighted by Crippen LogP contribution is 2.90. The predicted octanol–water partition coefficient (Wildman–Crippen LogP) is 3.69. The molecule has 17 atom stereocenters. The first-order chi connectivity index (χ1) is 21.8. The number of carbonyl (C=O) groups is 1. The quantitative estimate of drug-likeness (QED) is 0.260. The molecule has 47 heavy (non-hydrogen) atoms. The summed E-state index contributed by atoms with van der Waals surface area (Å²) in [6.45, 7) is 16.5. The summed E-state index contributed by atoms with van der Waals surface area (Å²) in [4.78, 5) is 11.9. The SMILES string of the molecule is CC(=O)O[C@H]1[C@H](O[C@H]2CC[C@]34C[C@]35CC[C@]3(C)[C@H]6[C@H](C)C[C@H]7O[C@@]6(O[C@@H]7C(C)(C)O)[C@H](O)[C@@]3(C)[C@@H]5CC[C@H]4C2(C)C)OC[C@H](O)[C@@H]1O. The van der Waals surface area contributed by atoms with Gasteiger partial charge in [-0.15, -0.1) is 0 Å². The van der Waals surface area contributed by atoms with E-state index >= 15 is 0 Å². The molecule has 10 nitrogen and oxygen atoms in total. The molecule has 3 heterocycles. The number of fused-ring (bicyclic) bond motifs is 4. The maximum atomic E-state index is 12.7. The van der Waals surface area contributed by atoms with Crippen LogP contribution < -0.4 is 0 Å². The lowest BCUT2D eigenvalue weighted by Gasteiger charge is -2.63. The van der Waals surface area contributed by atoms with Crippen LogP contribution in [0.15, 0.2) is 0 Å². The van der Waals surface area contributed by atoms with Crippen molar-refractivity contribution in [2.45, 2.75) is 167 Å². The fourth-order valence-corrected chi connectivity index (χ4v) is 14.3. The third-order valence-electron chi connectivity index (χ3n) is 16.2. The summed E-state index contributed by atoms with van der Waals surface area (Å²) < 4.78 is 31.6. The van der Waals surface area contributed by atoms with Crippen LogP contribution in [0, 0.1) is 50.7 Å². The summed E-state index contributed by atoms with van der Waals surface area (Å²) in [5, 5.41) is 44.7. The average Bonchev–Trinajstić information content (AvgIpc) is 3.49. The van der Waals surface area contributed by atoms with E-state index in [1.165, 1.54) is 6.92 Å². The molecule has 5 saturated carbocycles. The zero-order valence-corrected chi connectivity index (χ0v) is 29.5. The molecule has 0 aromatic carbocycles. The Labute approximate surface area is 279 Å². The first kappa shape index (κ1) is 33.3. The number of hydrogen-bond donors (Lipinski definition) is 4. The van der Waals surface area contributed by atoms with Crippen molar-refractivity contribution < 1.29 is 48.9 Å². The molecule has 10 heteroatoms. The Morgan fingerprint density at radius 3 is 2.30 bits per heavy atom. The van der Waals surface area contributed by atoms with E-state index in [1.807, 2.05) is 0 Å². The second-order valence-electron chi connectivity index (χ2n) is 18.9. The second kappa shape index (κ2) is 9.93. The lowest BCUT2D eigenvalue weighted by Crippen LogP contribution is -2.61. The highest BCUT2D eigenvalue weighted by atomic mass is 16.8. The Hall–Kier alpha value is -0.850. The molecule has 266 valence electrons. The van der Waals surface area contributed by atoms with Gasteiger partial charge in [-0.1, -0.05) is 34.6 Å². The standard InChI is InChI=1S/C37H58O10/c1-18-15-21-28(32(5,6)42)47-37(46-21)27(18)33(7)13-14-36-17-35(36)12-11-24(45-29-26(44-19(2)38)25(40)20(39)16-43-29)31(3,4)22(35)9-10-23(36)34(33,8)30(37)41/h18,20-30,39-42H,9-17H2,1-8H3/t18-,20+,21-,22+,23+,24+,25+,26-,27-,28+,29+,30-,33-,34-,35-,36+,37+/m1/s1. The van der Waals surface area contributed by atoms with E-state index in [4.69, 9.17) is 23.7 Å². The van der Waals surface area contributed by atoms with Gasteiger partial charge in [0, 0.05) is 18.3 Å². The van der Waals surface area contributed by atoms with Gasteiger partial charge in [0.05, 0.1) is 24.4 Å². The number of aliphatic hydroxyl groups is 4. The van der Waals surface area contributed by atoms with E-state index in [1.54, 1.807) is 13.8 Å². The van der Waals surface area contributed by atoms with Gasteiger partial charge in [-0.05, 0) is 105 Å². The van der Waals surface area contributed by atoms with Gasteiger partial charge in [-0.3, -0.25) is 4.79 Å². The summed E-state index contributed by atoms with van der Waals surface area (Å²) in [6.07, 6.45) is 1.92. The van der Waals surface area contributed by atoms with Crippen molar-refractivity contribution in [1.29, 1.82) is 0 Å². The minimum atomic E-state index is -1.28. The molecule has 0 radical (unpaired) electrons. The maximum absolute atomic E-state index is 12.7. The van der Waals surface area contributed by atoms with Crippen LogP contribution >= 0.6 is 0 Å². The van der Waals surface area contributed by atoms with Crippen molar-refractivity contribution in [2.24, 2.45) is 50.7 Å². The van der Waals surface area contributed by atoms with Crippen molar-refractivity contribution in [3.05, 3.63) is 0 Å². The molecule has 3 aliphatic heterocycles. The molecule has 8 rings (SSSR count). The molecule has 0 aromatic rings. The molecule has 0 amide bonds. The normalized spacial score (nSPS) is 58.8. The first-order valence-electron chi connectivity index (χ1n) is 18.4. The Morgan fingerprint density at radius 1 is 0.936 bits per heavy atom. The number of esters is 1. The molecule has 0 unspecified atom stereocenters. The van der Waals surface area contributed by atoms with Crippen LogP contribution in [0.4, 0.5) is 0 Å². The Balaban J connectivity index is 1.08. The fourth-order valence-electron chi connectivity index (χ4n) is 14.3. The molecule has 8 aliphatic rings. The summed E-state index contributed by atoms with van der Waals surface area (Å²) in [7, 11) is 0. The predicted molar refractivity (Wildman–Crippen MR) is 168 cm³/mol. The molecule has 3 spiro atoms. The maximum Gasteiger partial charge on any atom is 0.303 e. The van der Waals surface area contributed by atoms with Crippen molar-refractivity contribution in [3.63, 3.8) is 0 Å². The Kier molecular flexibility index (Phi) is 7.03. The number of rotatable bonds is 4. The number of ether oxygens (including phenoxy) is 5. The highest BCUT2D eigenvalue weighted by molar-refractivity contribution is 5.66. The lowest BCUT2D eigenvalue weighted by atomic mass is 9.41. The van der Waals surface area contributed by atoms with Gasteiger partial charge in [0.25, 0.3) is 0 Å². The lowest BCUT2D eigenvalue weighted by molar-refractivity contribution is -0.305. The molecule has 5 aliphatic carbocycles. The second-order valence-corrected chi connectivity index (χ2v) is 18.9. The largest absolute Gasteiger partial charge is 0.454 e. The third kappa shape index (κ3) is 3.94. The summed E-state index contributed by atoms with van der Waals surface area (Å²) in [5.41, 5.74) is -1.54. The third-order valence-corrected chi connectivity index (χ3v) is 16.2. The fraction of sp³-hybridized carbons (Fsp3) is 0.973. The number of hydrogen-bond acceptors (Lipinski definition) is 10. The van der Waals surface area contributed by atoms with Gasteiger partial charge in [-0.25, -0.2) is 0 Å². The summed E-state index contributed by atoms with van der Waals surface area (Å²) in [6, 6.07) is 0. The Bertz CT molecular complexity index is 1310. The van der Waals surface area contributed by atoms with Gasteiger partial charge in [0.1, 0.15) is 24.4 Å². The first-order valence-corrected chi connectivity index (χ1v) is 18.4. The van der Waals surface area contributed by atoms with Crippen LogP contribution in [-0.2, 0) is 28.5 Å². The van der Waals surface area contributed by atoms with E-state index in [0.29, 0.717) is 17.8 Å². The number of aliphatic hydroxyl groups excluding tert-OH is 3. The van der Waals surface area contributed by atoms with E-state index in [2.05, 4.69) is 34.6 Å². The van der Waals surface area contributed by atoms with Crippen molar-refractivity contribution in [3.8, 4) is 0 Å². The monoisotopic (exact) mass is 662 g/mol. The van der Waals surface area contributed by atoms with Crippen LogP contribution in [0.2, 0.25) is 0 Å². The van der Waals surface area contributed by atoms with Gasteiger partial charge in [-0.2, -0.15) is 0 Å². The van der Waals surface area contributed by atoms with Crippen molar-refractivity contribution in [2.75, 3.05) is 6.61 Å². The van der Waals surface area contributed by atoms with Crippen LogP contribution in [0.1, 0.15) is 107 Å². The zero-order valence-electron chi connectivity index (χ0n) is 29.5. The zero-order chi connectivity index (χ0) is 33.9. The van der Waals surface area contributed by atoms with Gasteiger partial charge >= 0.3 is 5.97 Å². The molecule has 0 aromatic heterocycles. The number of carbonyl (C=O) groups excluding carboxylic acids is 1. The van der Waals surface area contributed by atoms with Crippen LogP contribution in [-0.4, -0.2) is 93.4 Å². The topological polar surface area (TPSA) is 144 Å². The van der Waals surface area contributed by atoms with E-state index in [9.17, 15) is 25.2 Å². The highest BCUT2D eigenvalue weighted by Gasteiger charge is 2.88. The molecule has 3 saturated heterocycles. The van der Waals surface area contributed by atoms with Crippen LogP contribution in [0.25, 0.3) is 0 Å². The molecular formula is C37H58O10. The van der Waals surface area contributed by atoms with E-state index < -0.39 is 59.6 Å². The molecule has 2 bridgehead atoms. The summed E-state index contributed by atoms with van der Waals surface area (Å²) >= 11 is 0. The van der Waals surface area contributed by atoms with E-state index in [-0.39, 0.29) is 46.4 Å². The van der Waals surface area contributed by atoms with E-state index in [0.717, 1.165) is 51.4 Å². The van der Waals surface area contributed by atoms with Gasteiger partial charge in [0.15, 0.2) is 18.2 Å². The van der Waals surface area contributed by atoms with Gasteiger partial charge in [0.2, 0.25) is 0 Å². The summed E-state index contributed by atoms with van der Waals surface area (Å²) in [5.74, 6) is -0.546. The molecular weight excluding hydrogens is 604 g/mol. The smallest absolute Gasteiger partial charge is 0.303 e. The van der Waals surface area contributed by atoms with Gasteiger partial charge < -0.3 is 44.1 Å². The van der Waals surface area contributed by atoms with Crippen LogP contribution in [0.3, 0.4) is 0 Å². The average molecular weight is 663 g/mol. The Morgan fingerprint density at radius 2 is 1.62 bits per heavy atom. The van der Waals surface area contributed by atoms with Crippen LogP contribution in [0.5, 0.6) is 0 Å². The molecule has 4 N–H and O–H groups in total. The minimum absolute atomic E-state index is 0.0541.